The maximum atomic E-state index is 12.0. The summed E-state index contributed by atoms with van der Waals surface area (Å²) in [6.07, 6.45) is 0. The molecule has 0 heterocycles. The van der Waals surface area contributed by atoms with E-state index < -0.39 is 0 Å². The van der Waals surface area contributed by atoms with Crippen LogP contribution in [0.1, 0.15) is 37.1 Å². The van der Waals surface area contributed by atoms with E-state index >= 15 is 0 Å². The van der Waals surface area contributed by atoms with Gasteiger partial charge in [-0.25, -0.2) is 0 Å². The summed E-state index contributed by atoms with van der Waals surface area (Å²) in [4.78, 5) is 12.0. The zero-order valence-corrected chi connectivity index (χ0v) is 13.6. The van der Waals surface area contributed by atoms with Gasteiger partial charge in [-0.1, -0.05) is 54.1 Å². The number of halogens is 1. The zero-order valence-electron chi connectivity index (χ0n) is 12.8. The van der Waals surface area contributed by atoms with Gasteiger partial charge in [0, 0.05) is 11.1 Å². The van der Waals surface area contributed by atoms with E-state index in [-0.39, 0.29) is 24.5 Å². The fourth-order valence-electron chi connectivity index (χ4n) is 2.23. The Bertz CT molecular complexity index is 598. The molecule has 0 aromatic heterocycles. The molecule has 0 fully saturated rings. The van der Waals surface area contributed by atoms with E-state index in [1.54, 1.807) is 0 Å². The minimum Gasteiger partial charge on any atom is -0.348 e. The standard InChI is InChI=1S/C18H21ClN2O/c1-13(15-6-4-3-5-7-15)20-12-18(22)21-14(2)16-8-10-17(19)11-9-16/h3-11,13-14,20H,12H2,1-2H3,(H,21,22)/t13-,14-/m0/s1. The lowest BCUT2D eigenvalue weighted by Gasteiger charge is -2.17. The molecule has 2 aromatic rings. The Balaban J connectivity index is 1.81. The minimum atomic E-state index is -0.0430. The smallest absolute Gasteiger partial charge is 0.234 e. The van der Waals surface area contributed by atoms with Gasteiger partial charge in [-0.2, -0.15) is 0 Å². The highest BCUT2D eigenvalue weighted by Gasteiger charge is 2.11. The normalized spacial score (nSPS) is 13.4. The Hall–Kier alpha value is -1.84. The Labute approximate surface area is 136 Å². The van der Waals surface area contributed by atoms with E-state index in [4.69, 9.17) is 11.6 Å². The molecule has 2 rings (SSSR count). The first kappa shape index (κ1) is 16.5. The van der Waals surface area contributed by atoms with Gasteiger partial charge in [-0.05, 0) is 37.1 Å². The molecule has 0 unspecified atom stereocenters. The summed E-state index contributed by atoms with van der Waals surface area (Å²) in [6.45, 7) is 4.29. The number of rotatable bonds is 6. The van der Waals surface area contributed by atoms with Crippen molar-refractivity contribution >= 4 is 17.5 Å². The number of hydrogen-bond acceptors (Lipinski definition) is 2. The predicted molar refractivity (Wildman–Crippen MR) is 90.9 cm³/mol. The largest absolute Gasteiger partial charge is 0.348 e. The molecule has 2 aromatic carbocycles. The Morgan fingerprint density at radius 1 is 0.955 bits per heavy atom. The maximum Gasteiger partial charge on any atom is 0.234 e. The summed E-state index contributed by atoms with van der Waals surface area (Å²) in [5.74, 6) is -0.0229. The monoisotopic (exact) mass is 316 g/mol. The highest BCUT2D eigenvalue weighted by molar-refractivity contribution is 6.30. The van der Waals surface area contributed by atoms with Gasteiger partial charge in [0.2, 0.25) is 5.91 Å². The van der Waals surface area contributed by atoms with Gasteiger partial charge >= 0.3 is 0 Å². The van der Waals surface area contributed by atoms with Crippen LogP contribution >= 0.6 is 11.6 Å². The summed E-state index contributed by atoms with van der Waals surface area (Å²) in [5, 5.41) is 6.90. The van der Waals surface area contributed by atoms with Crippen LogP contribution in [0.15, 0.2) is 54.6 Å². The SMILES string of the molecule is C[C@H](NCC(=O)N[C@@H](C)c1ccc(Cl)cc1)c1ccccc1. The molecule has 22 heavy (non-hydrogen) atoms. The van der Waals surface area contributed by atoms with Crippen LogP contribution in [-0.4, -0.2) is 12.5 Å². The first-order valence-corrected chi connectivity index (χ1v) is 7.77. The van der Waals surface area contributed by atoms with E-state index in [0.717, 1.165) is 5.56 Å². The molecular formula is C18H21ClN2O. The van der Waals surface area contributed by atoms with Crippen molar-refractivity contribution in [1.29, 1.82) is 0 Å². The van der Waals surface area contributed by atoms with Crippen molar-refractivity contribution in [2.24, 2.45) is 0 Å². The second-order valence-electron chi connectivity index (χ2n) is 5.35. The van der Waals surface area contributed by atoms with Crippen molar-refractivity contribution in [1.82, 2.24) is 10.6 Å². The lowest BCUT2D eigenvalue weighted by Crippen LogP contribution is -2.36. The van der Waals surface area contributed by atoms with Crippen molar-refractivity contribution in [3.63, 3.8) is 0 Å². The van der Waals surface area contributed by atoms with Crippen LogP contribution in [0.2, 0.25) is 5.02 Å². The lowest BCUT2D eigenvalue weighted by molar-refractivity contribution is -0.121. The van der Waals surface area contributed by atoms with Gasteiger partial charge in [0.1, 0.15) is 0 Å². The number of amides is 1. The number of benzene rings is 2. The van der Waals surface area contributed by atoms with Crippen LogP contribution in [0.25, 0.3) is 0 Å². The van der Waals surface area contributed by atoms with Gasteiger partial charge in [-0.15, -0.1) is 0 Å². The van der Waals surface area contributed by atoms with Crippen molar-refractivity contribution < 1.29 is 4.79 Å². The number of carbonyl (C=O) groups excluding carboxylic acids is 1. The molecule has 1 amide bonds. The average Bonchev–Trinajstić information content (AvgIpc) is 2.54. The van der Waals surface area contributed by atoms with Crippen LogP contribution < -0.4 is 10.6 Å². The highest BCUT2D eigenvalue weighted by Crippen LogP contribution is 2.16. The van der Waals surface area contributed by atoms with Gasteiger partial charge in [0.05, 0.1) is 12.6 Å². The quantitative estimate of drug-likeness (QED) is 0.849. The van der Waals surface area contributed by atoms with Crippen LogP contribution in [0.4, 0.5) is 0 Å². The molecule has 2 atom stereocenters. The topological polar surface area (TPSA) is 41.1 Å². The van der Waals surface area contributed by atoms with E-state index in [1.807, 2.05) is 68.4 Å². The number of hydrogen-bond donors (Lipinski definition) is 2. The van der Waals surface area contributed by atoms with Crippen LogP contribution in [0.5, 0.6) is 0 Å². The summed E-state index contributed by atoms with van der Waals surface area (Å²) in [6, 6.07) is 17.7. The number of carbonyl (C=O) groups is 1. The second kappa shape index (κ2) is 7.97. The molecule has 0 spiro atoms. The summed E-state index contributed by atoms with van der Waals surface area (Å²) >= 11 is 5.87. The molecular weight excluding hydrogens is 296 g/mol. The third-order valence-electron chi connectivity index (χ3n) is 3.62. The van der Waals surface area contributed by atoms with Crippen LogP contribution in [0.3, 0.4) is 0 Å². The molecule has 0 aliphatic heterocycles. The fourth-order valence-corrected chi connectivity index (χ4v) is 2.36. The molecule has 0 aliphatic rings. The van der Waals surface area contributed by atoms with Gasteiger partial charge in [0.15, 0.2) is 0 Å². The van der Waals surface area contributed by atoms with Crippen molar-refractivity contribution in [2.45, 2.75) is 25.9 Å². The van der Waals surface area contributed by atoms with Gasteiger partial charge < -0.3 is 10.6 Å². The second-order valence-corrected chi connectivity index (χ2v) is 5.79. The third kappa shape index (κ3) is 4.86. The molecule has 2 N–H and O–H groups in total. The van der Waals surface area contributed by atoms with Crippen LogP contribution in [0, 0.1) is 0 Å². The Kier molecular flexibility index (Phi) is 5.99. The van der Waals surface area contributed by atoms with Crippen molar-refractivity contribution in [3.8, 4) is 0 Å². The summed E-state index contributed by atoms with van der Waals surface area (Å²) in [5.41, 5.74) is 2.20. The third-order valence-corrected chi connectivity index (χ3v) is 3.87. The van der Waals surface area contributed by atoms with Gasteiger partial charge in [0.25, 0.3) is 0 Å². The van der Waals surface area contributed by atoms with E-state index in [9.17, 15) is 4.79 Å². The minimum absolute atomic E-state index is 0.0229. The molecule has 3 nitrogen and oxygen atoms in total. The molecule has 0 bridgehead atoms. The first-order valence-electron chi connectivity index (χ1n) is 7.39. The fraction of sp³-hybridized carbons (Fsp3) is 0.278. The maximum absolute atomic E-state index is 12.0. The van der Waals surface area contributed by atoms with E-state index in [2.05, 4.69) is 10.6 Å². The highest BCUT2D eigenvalue weighted by atomic mass is 35.5. The van der Waals surface area contributed by atoms with Gasteiger partial charge in [-0.3, -0.25) is 4.79 Å². The molecule has 0 saturated heterocycles. The molecule has 0 radical (unpaired) electrons. The molecule has 116 valence electrons. The Morgan fingerprint density at radius 2 is 1.55 bits per heavy atom. The molecule has 0 aliphatic carbocycles. The summed E-state index contributed by atoms with van der Waals surface area (Å²) < 4.78 is 0. The van der Waals surface area contributed by atoms with Crippen molar-refractivity contribution in [3.05, 3.63) is 70.7 Å². The van der Waals surface area contributed by atoms with E-state index in [0.29, 0.717) is 5.02 Å². The van der Waals surface area contributed by atoms with Crippen molar-refractivity contribution in [2.75, 3.05) is 6.54 Å². The van der Waals surface area contributed by atoms with E-state index in [1.165, 1.54) is 5.56 Å². The average molecular weight is 317 g/mol. The lowest BCUT2D eigenvalue weighted by atomic mass is 10.1. The summed E-state index contributed by atoms with van der Waals surface area (Å²) in [7, 11) is 0. The molecule has 4 heteroatoms. The predicted octanol–water partition coefficient (Wildman–Crippen LogP) is 3.87. The number of nitrogens with one attached hydrogen (secondary N) is 2. The zero-order chi connectivity index (χ0) is 15.9. The Morgan fingerprint density at radius 3 is 2.18 bits per heavy atom. The van der Waals surface area contributed by atoms with Crippen LogP contribution in [-0.2, 0) is 4.79 Å². The molecule has 0 saturated carbocycles. The first-order chi connectivity index (χ1) is 10.6.